The average Bonchev–Trinajstić information content (AvgIpc) is 2.35. The summed E-state index contributed by atoms with van der Waals surface area (Å²) in [6, 6.07) is 0.623. The third-order valence-electron chi connectivity index (χ3n) is 4.07. The topological polar surface area (TPSA) is 38.7 Å². The summed E-state index contributed by atoms with van der Waals surface area (Å²) in [6.45, 7) is 12.3. The van der Waals surface area contributed by atoms with Gasteiger partial charge in [0.2, 0.25) is 0 Å². The molecule has 2 N–H and O–H groups in total. The maximum atomic E-state index is 9.56. The quantitative estimate of drug-likeness (QED) is 0.706. The van der Waals surface area contributed by atoms with E-state index in [2.05, 4.69) is 42.9 Å². The molecule has 1 aliphatic heterocycles. The minimum Gasteiger partial charge on any atom is -0.394 e. The van der Waals surface area contributed by atoms with Crippen LogP contribution in [0.15, 0.2) is 0 Å². The Morgan fingerprint density at radius 1 is 1.39 bits per heavy atom. The van der Waals surface area contributed by atoms with Gasteiger partial charge in [0.1, 0.15) is 0 Å². The van der Waals surface area contributed by atoms with Crippen LogP contribution in [0.2, 0.25) is 0 Å². The van der Waals surface area contributed by atoms with Crippen LogP contribution < -0.4 is 5.32 Å². The van der Waals surface area contributed by atoms with Gasteiger partial charge < -0.3 is 15.3 Å². The average molecular weight is 257 g/mol. The maximum Gasteiger partial charge on any atom is 0.0611 e. The predicted octanol–water partition coefficient (Wildman–Crippen LogP) is 0.763. The molecule has 1 rings (SSSR count). The third-order valence-corrected chi connectivity index (χ3v) is 4.07. The molecular formula is C14H31N3O. The van der Waals surface area contributed by atoms with Crippen molar-refractivity contribution in [3.8, 4) is 0 Å². The second kappa shape index (κ2) is 7.43. The van der Waals surface area contributed by atoms with Crippen molar-refractivity contribution in [2.75, 3.05) is 46.4 Å². The van der Waals surface area contributed by atoms with E-state index in [-0.39, 0.29) is 12.1 Å². The number of likely N-dealkylation sites (N-methyl/N-ethyl adjacent to an activating group) is 1. The van der Waals surface area contributed by atoms with E-state index in [0.717, 1.165) is 45.6 Å². The summed E-state index contributed by atoms with van der Waals surface area (Å²) in [4.78, 5) is 4.93. The summed E-state index contributed by atoms with van der Waals surface area (Å²) in [7, 11) is 2.19. The number of hydrogen-bond acceptors (Lipinski definition) is 4. The van der Waals surface area contributed by atoms with Crippen molar-refractivity contribution in [2.45, 2.75) is 45.2 Å². The van der Waals surface area contributed by atoms with Crippen LogP contribution in [-0.2, 0) is 0 Å². The van der Waals surface area contributed by atoms with Crippen LogP contribution in [0.5, 0.6) is 0 Å². The second-order valence-corrected chi connectivity index (χ2v) is 6.04. The molecule has 1 heterocycles. The summed E-state index contributed by atoms with van der Waals surface area (Å²) in [5.41, 5.74) is -0.126. The lowest BCUT2D eigenvalue weighted by molar-refractivity contribution is 0.0800. The van der Waals surface area contributed by atoms with E-state index in [4.69, 9.17) is 0 Å². The van der Waals surface area contributed by atoms with Gasteiger partial charge in [0.15, 0.2) is 0 Å². The molecular weight excluding hydrogens is 226 g/mol. The minimum absolute atomic E-state index is 0.126. The van der Waals surface area contributed by atoms with Crippen molar-refractivity contribution in [1.29, 1.82) is 0 Å². The van der Waals surface area contributed by atoms with E-state index in [0.29, 0.717) is 6.04 Å². The number of rotatable bonds is 7. The van der Waals surface area contributed by atoms with Gasteiger partial charge in [-0.1, -0.05) is 6.92 Å². The molecule has 0 saturated carbocycles. The van der Waals surface area contributed by atoms with Gasteiger partial charge in [-0.15, -0.1) is 0 Å². The number of piperazine rings is 1. The highest BCUT2D eigenvalue weighted by atomic mass is 16.3. The van der Waals surface area contributed by atoms with E-state index >= 15 is 0 Å². The first-order valence-corrected chi connectivity index (χ1v) is 7.29. The molecule has 0 aromatic heterocycles. The van der Waals surface area contributed by atoms with E-state index in [1.165, 1.54) is 0 Å². The maximum absolute atomic E-state index is 9.56. The predicted molar refractivity (Wildman–Crippen MR) is 76.9 cm³/mol. The summed E-state index contributed by atoms with van der Waals surface area (Å²) >= 11 is 0. The summed E-state index contributed by atoms with van der Waals surface area (Å²) < 4.78 is 0. The zero-order valence-electron chi connectivity index (χ0n) is 12.6. The molecule has 0 aromatic carbocycles. The van der Waals surface area contributed by atoms with Gasteiger partial charge in [0, 0.05) is 37.8 Å². The Hall–Kier alpha value is -0.160. The molecule has 4 heteroatoms. The van der Waals surface area contributed by atoms with Crippen LogP contribution in [-0.4, -0.2) is 72.9 Å². The van der Waals surface area contributed by atoms with Gasteiger partial charge >= 0.3 is 0 Å². The normalized spacial score (nSPS) is 26.2. The molecule has 2 atom stereocenters. The fraction of sp³-hybridized carbons (Fsp3) is 1.00. The van der Waals surface area contributed by atoms with Crippen molar-refractivity contribution in [3.63, 3.8) is 0 Å². The molecule has 18 heavy (non-hydrogen) atoms. The Bertz CT molecular complexity index is 237. The van der Waals surface area contributed by atoms with Gasteiger partial charge in [-0.2, -0.15) is 0 Å². The minimum atomic E-state index is -0.126. The molecule has 1 saturated heterocycles. The van der Waals surface area contributed by atoms with Crippen molar-refractivity contribution >= 4 is 0 Å². The van der Waals surface area contributed by atoms with Crippen LogP contribution in [0.4, 0.5) is 0 Å². The first-order valence-electron chi connectivity index (χ1n) is 7.29. The highest BCUT2D eigenvalue weighted by Crippen LogP contribution is 2.14. The molecule has 108 valence electrons. The fourth-order valence-corrected chi connectivity index (χ4v) is 2.55. The first-order chi connectivity index (χ1) is 8.50. The highest BCUT2D eigenvalue weighted by Gasteiger charge is 2.26. The molecule has 2 unspecified atom stereocenters. The summed E-state index contributed by atoms with van der Waals surface area (Å²) in [5, 5.41) is 13.0. The Balaban J connectivity index is 2.37. The second-order valence-electron chi connectivity index (χ2n) is 6.04. The SMILES string of the molecule is CCCNC(C)(CO)CCN1CCN(C)CC1C. The van der Waals surface area contributed by atoms with Crippen LogP contribution >= 0.6 is 0 Å². The van der Waals surface area contributed by atoms with Crippen molar-refractivity contribution in [2.24, 2.45) is 0 Å². The van der Waals surface area contributed by atoms with Gasteiger partial charge in [-0.05, 0) is 40.3 Å². The molecule has 0 aromatic rings. The Morgan fingerprint density at radius 3 is 2.67 bits per heavy atom. The first kappa shape index (κ1) is 15.9. The smallest absolute Gasteiger partial charge is 0.0611 e. The summed E-state index contributed by atoms with van der Waals surface area (Å²) in [5.74, 6) is 0. The van der Waals surface area contributed by atoms with Gasteiger partial charge in [-0.3, -0.25) is 4.90 Å². The molecule has 0 bridgehead atoms. The number of aliphatic hydroxyl groups is 1. The standard InChI is InChI=1S/C14H31N3O/c1-5-7-15-14(3,12-18)6-8-17-10-9-16(4)11-13(17)2/h13,15,18H,5-12H2,1-4H3. The molecule has 0 spiro atoms. The third kappa shape index (κ3) is 4.84. The monoisotopic (exact) mass is 257 g/mol. The molecule has 1 fully saturated rings. The van der Waals surface area contributed by atoms with Crippen molar-refractivity contribution in [1.82, 2.24) is 15.1 Å². The largest absolute Gasteiger partial charge is 0.394 e. The lowest BCUT2D eigenvalue weighted by Crippen LogP contribution is -2.53. The van der Waals surface area contributed by atoms with Crippen LogP contribution in [0.3, 0.4) is 0 Å². The van der Waals surface area contributed by atoms with Crippen LogP contribution in [0, 0.1) is 0 Å². The molecule has 4 nitrogen and oxygen atoms in total. The lowest BCUT2D eigenvalue weighted by Gasteiger charge is -2.40. The Labute approximate surface area is 112 Å². The Kier molecular flexibility index (Phi) is 6.57. The highest BCUT2D eigenvalue weighted by molar-refractivity contribution is 4.85. The number of aliphatic hydroxyl groups excluding tert-OH is 1. The zero-order chi connectivity index (χ0) is 13.6. The fourth-order valence-electron chi connectivity index (χ4n) is 2.55. The lowest BCUT2D eigenvalue weighted by atomic mass is 9.97. The van der Waals surface area contributed by atoms with Gasteiger partial charge in [-0.25, -0.2) is 0 Å². The van der Waals surface area contributed by atoms with Gasteiger partial charge in [0.05, 0.1) is 6.61 Å². The van der Waals surface area contributed by atoms with E-state index in [1.807, 2.05) is 0 Å². The molecule has 0 amide bonds. The van der Waals surface area contributed by atoms with E-state index in [1.54, 1.807) is 0 Å². The molecule has 0 radical (unpaired) electrons. The van der Waals surface area contributed by atoms with Crippen molar-refractivity contribution in [3.05, 3.63) is 0 Å². The van der Waals surface area contributed by atoms with Crippen LogP contribution in [0.1, 0.15) is 33.6 Å². The Morgan fingerprint density at radius 2 is 2.11 bits per heavy atom. The van der Waals surface area contributed by atoms with Crippen LogP contribution in [0.25, 0.3) is 0 Å². The van der Waals surface area contributed by atoms with E-state index in [9.17, 15) is 5.11 Å². The number of hydrogen-bond donors (Lipinski definition) is 2. The zero-order valence-corrected chi connectivity index (χ0v) is 12.6. The van der Waals surface area contributed by atoms with E-state index < -0.39 is 0 Å². The molecule has 0 aliphatic carbocycles. The summed E-state index contributed by atoms with van der Waals surface area (Å²) in [6.07, 6.45) is 2.12. The van der Waals surface area contributed by atoms with Crippen molar-refractivity contribution < 1.29 is 5.11 Å². The molecule has 1 aliphatic rings. The van der Waals surface area contributed by atoms with Gasteiger partial charge in [0.25, 0.3) is 0 Å². The number of nitrogens with one attached hydrogen (secondary N) is 1. The number of nitrogens with zero attached hydrogens (tertiary/aromatic N) is 2.